The number of hydrogen-bond donors (Lipinski definition) is 0. The molecule has 304 valence electrons. The number of fused-ring (bicyclic) bond motifs is 9. The van der Waals surface area contributed by atoms with Gasteiger partial charge in [0.05, 0.1) is 27.8 Å². The van der Waals surface area contributed by atoms with Crippen molar-refractivity contribution in [2.24, 2.45) is 0 Å². The molecule has 0 saturated carbocycles. The summed E-state index contributed by atoms with van der Waals surface area (Å²) in [6.07, 6.45) is 0. The standard InChI is InChI=1S/C62H40N2O/c1-4-17-41(18-5-1)49-27-14-29-54-59-48(26-15-31-56(59)64(61(49)54)45-22-8-3-9-23-45)44-33-36-46(37-34-44)63(55-30-16-28-51-47-24-11-10-21-43(47)35-38-52(51)55)57-40-39-50(42-19-6-2-7-20-42)62-60(57)53-25-12-13-32-58(53)65-62/h1-40H. The van der Waals surface area contributed by atoms with Crippen LogP contribution in [-0.4, -0.2) is 4.57 Å². The smallest absolute Gasteiger partial charge is 0.145 e. The van der Waals surface area contributed by atoms with Crippen LogP contribution in [0.25, 0.3) is 104 Å². The summed E-state index contributed by atoms with van der Waals surface area (Å²) in [5.74, 6) is 0. The van der Waals surface area contributed by atoms with Gasteiger partial charge in [0.15, 0.2) is 0 Å². The lowest BCUT2D eigenvalue weighted by Crippen LogP contribution is -2.11. The third-order valence-corrected chi connectivity index (χ3v) is 13.2. The maximum atomic E-state index is 6.84. The molecule has 0 atom stereocenters. The Kier molecular flexibility index (Phi) is 8.53. The van der Waals surface area contributed by atoms with Gasteiger partial charge in [-0.1, -0.05) is 188 Å². The van der Waals surface area contributed by atoms with Crippen LogP contribution in [0.15, 0.2) is 247 Å². The van der Waals surface area contributed by atoms with E-state index in [-0.39, 0.29) is 0 Å². The molecule has 65 heavy (non-hydrogen) atoms. The van der Waals surface area contributed by atoms with E-state index < -0.39 is 0 Å². The predicted octanol–water partition coefficient (Wildman–Crippen LogP) is 17.5. The highest BCUT2D eigenvalue weighted by Crippen LogP contribution is 2.49. The normalized spacial score (nSPS) is 11.7. The molecular weight excluding hydrogens is 789 g/mol. The summed E-state index contributed by atoms with van der Waals surface area (Å²) in [4.78, 5) is 2.44. The summed E-state index contributed by atoms with van der Waals surface area (Å²) in [7, 11) is 0. The van der Waals surface area contributed by atoms with Gasteiger partial charge in [-0.25, -0.2) is 0 Å². The molecule has 13 rings (SSSR count). The average Bonchev–Trinajstić information content (AvgIpc) is 3.95. The number of nitrogens with zero attached hydrogens (tertiary/aromatic N) is 2. The number of furan rings is 1. The molecule has 0 amide bonds. The van der Waals surface area contributed by atoms with Gasteiger partial charge in [-0.15, -0.1) is 0 Å². The van der Waals surface area contributed by atoms with E-state index >= 15 is 0 Å². The van der Waals surface area contributed by atoms with Crippen molar-refractivity contribution >= 4 is 82.4 Å². The van der Waals surface area contributed by atoms with Crippen molar-refractivity contribution < 1.29 is 4.42 Å². The molecule has 0 saturated heterocycles. The molecule has 0 bridgehead atoms. The molecule has 0 aliphatic carbocycles. The first-order chi connectivity index (χ1) is 32.3. The first-order valence-corrected chi connectivity index (χ1v) is 22.3. The lowest BCUT2D eigenvalue weighted by Gasteiger charge is -2.28. The van der Waals surface area contributed by atoms with E-state index in [0.717, 1.165) is 61.4 Å². The van der Waals surface area contributed by atoms with Gasteiger partial charge in [-0.3, -0.25) is 0 Å². The Morgan fingerprint density at radius 3 is 1.75 bits per heavy atom. The number of para-hydroxylation sites is 3. The largest absolute Gasteiger partial charge is 0.455 e. The molecule has 0 unspecified atom stereocenters. The van der Waals surface area contributed by atoms with Crippen molar-refractivity contribution in [2.75, 3.05) is 4.90 Å². The fraction of sp³-hybridized carbons (Fsp3) is 0. The maximum absolute atomic E-state index is 6.84. The van der Waals surface area contributed by atoms with Crippen LogP contribution < -0.4 is 4.90 Å². The molecule has 11 aromatic carbocycles. The van der Waals surface area contributed by atoms with Gasteiger partial charge in [-0.2, -0.15) is 0 Å². The number of hydrogen-bond acceptors (Lipinski definition) is 2. The third-order valence-electron chi connectivity index (χ3n) is 13.2. The molecule has 3 nitrogen and oxygen atoms in total. The second-order valence-electron chi connectivity index (χ2n) is 16.8. The first kappa shape index (κ1) is 36.9. The van der Waals surface area contributed by atoms with Gasteiger partial charge in [0.2, 0.25) is 0 Å². The SMILES string of the molecule is c1ccc(-c2ccc(N(c3ccc(-c4cccc5c4c4cccc(-c6ccccc6)c4n5-c4ccccc4)cc3)c3cccc4c3ccc3ccccc34)c3c2oc2ccccc23)cc1. The third kappa shape index (κ3) is 5.90. The first-order valence-electron chi connectivity index (χ1n) is 22.3. The van der Waals surface area contributed by atoms with Crippen molar-refractivity contribution in [1.29, 1.82) is 0 Å². The van der Waals surface area contributed by atoms with Crippen LogP contribution in [0.2, 0.25) is 0 Å². The summed E-state index contributed by atoms with van der Waals surface area (Å²) in [6.45, 7) is 0. The summed E-state index contributed by atoms with van der Waals surface area (Å²) in [6, 6.07) is 87.6. The van der Waals surface area contributed by atoms with Gasteiger partial charge >= 0.3 is 0 Å². The van der Waals surface area contributed by atoms with Crippen molar-refractivity contribution in [2.45, 2.75) is 0 Å². The van der Waals surface area contributed by atoms with E-state index in [0.29, 0.717) is 0 Å². The molecule has 0 N–H and O–H groups in total. The minimum Gasteiger partial charge on any atom is -0.455 e. The van der Waals surface area contributed by atoms with Crippen LogP contribution in [0.1, 0.15) is 0 Å². The van der Waals surface area contributed by atoms with Crippen LogP contribution in [0.4, 0.5) is 17.1 Å². The molecule has 2 heterocycles. The highest BCUT2D eigenvalue weighted by atomic mass is 16.3. The van der Waals surface area contributed by atoms with Crippen LogP contribution in [0.5, 0.6) is 0 Å². The molecule has 0 aliphatic rings. The second kappa shape index (κ2) is 15.0. The van der Waals surface area contributed by atoms with Crippen molar-refractivity contribution in [3.05, 3.63) is 243 Å². The Balaban J connectivity index is 1.05. The van der Waals surface area contributed by atoms with E-state index in [4.69, 9.17) is 4.42 Å². The van der Waals surface area contributed by atoms with Crippen LogP contribution >= 0.6 is 0 Å². The van der Waals surface area contributed by atoms with Gasteiger partial charge < -0.3 is 13.9 Å². The Morgan fingerprint density at radius 1 is 0.338 bits per heavy atom. The zero-order valence-corrected chi connectivity index (χ0v) is 35.4. The fourth-order valence-electron chi connectivity index (χ4n) is 10.3. The van der Waals surface area contributed by atoms with Crippen LogP contribution in [-0.2, 0) is 0 Å². The number of anilines is 3. The monoisotopic (exact) mass is 828 g/mol. The van der Waals surface area contributed by atoms with Crippen molar-refractivity contribution in [3.8, 4) is 39.1 Å². The highest BCUT2D eigenvalue weighted by molar-refractivity contribution is 6.21. The van der Waals surface area contributed by atoms with Gasteiger partial charge in [0, 0.05) is 44.0 Å². The van der Waals surface area contributed by atoms with E-state index in [1.54, 1.807) is 0 Å². The zero-order chi connectivity index (χ0) is 42.8. The zero-order valence-electron chi connectivity index (χ0n) is 35.4. The lowest BCUT2D eigenvalue weighted by molar-refractivity contribution is 0.670. The number of benzene rings is 11. The molecule has 3 heteroatoms. The maximum Gasteiger partial charge on any atom is 0.145 e. The van der Waals surface area contributed by atoms with Crippen LogP contribution in [0.3, 0.4) is 0 Å². The number of aromatic nitrogens is 1. The van der Waals surface area contributed by atoms with Crippen molar-refractivity contribution in [1.82, 2.24) is 4.57 Å². The summed E-state index contributed by atoms with van der Waals surface area (Å²) < 4.78 is 9.28. The second-order valence-corrected chi connectivity index (χ2v) is 16.8. The fourth-order valence-corrected chi connectivity index (χ4v) is 10.3. The van der Waals surface area contributed by atoms with Crippen molar-refractivity contribution in [3.63, 3.8) is 0 Å². The topological polar surface area (TPSA) is 21.3 Å². The summed E-state index contributed by atoms with van der Waals surface area (Å²) in [5, 5.41) is 9.47. The quantitative estimate of drug-likeness (QED) is 0.149. The molecule has 0 fully saturated rings. The van der Waals surface area contributed by atoms with Crippen LogP contribution in [0, 0.1) is 0 Å². The highest BCUT2D eigenvalue weighted by Gasteiger charge is 2.25. The van der Waals surface area contributed by atoms with E-state index in [2.05, 4.69) is 252 Å². The molecule has 0 aliphatic heterocycles. The minimum absolute atomic E-state index is 0.865. The van der Waals surface area contributed by atoms with E-state index in [1.165, 1.54) is 60.0 Å². The molecular formula is C62H40N2O. The molecule has 0 spiro atoms. The van der Waals surface area contributed by atoms with Gasteiger partial charge in [-0.05, 0) is 93.0 Å². The Labute approximate surface area is 376 Å². The molecule has 0 radical (unpaired) electrons. The molecule has 13 aromatic rings. The van der Waals surface area contributed by atoms with E-state index in [1.807, 2.05) is 0 Å². The lowest BCUT2D eigenvalue weighted by atomic mass is 9.96. The molecule has 2 aromatic heterocycles. The van der Waals surface area contributed by atoms with Gasteiger partial charge in [0.25, 0.3) is 0 Å². The minimum atomic E-state index is 0.865. The Hall–Kier alpha value is -8.66. The summed E-state index contributed by atoms with van der Waals surface area (Å²) in [5.41, 5.74) is 15.4. The predicted molar refractivity (Wildman–Crippen MR) is 274 cm³/mol. The van der Waals surface area contributed by atoms with Gasteiger partial charge in [0.1, 0.15) is 11.2 Å². The number of rotatable bonds is 7. The average molecular weight is 829 g/mol. The van der Waals surface area contributed by atoms with E-state index in [9.17, 15) is 0 Å². The Morgan fingerprint density at radius 2 is 0.954 bits per heavy atom. The summed E-state index contributed by atoms with van der Waals surface area (Å²) >= 11 is 0. The Bertz CT molecular complexity index is 3920.